The van der Waals surface area contributed by atoms with Crippen LogP contribution in [0.5, 0.6) is 0 Å². The smallest absolute Gasteiger partial charge is 0.338 e. The number of nitrogens with zero attached hydrogens (tertiary/aromatic N) is 2. The Morgan fingerprint density at radius 2 is 1.68 bits per heavy atom. The molecular formula is C31H34N4O5S. The van der Waals surface area contributed by atoms with Crippen molar-refractivity contribution < 1.29 is 23.9 Å². The molecule has 9 nitrogen and oxygen atoms in total. The van der Waals surface area contributed by atoms with Gasteiger partial charge in [-0.15, -0.1) is 11.3 Å². The first-order valence-electron chi connectivity index (χ1n) is 14.0. The van der Waals surface area contributed by atoms with Gasteiger partial charge in [-0.05, 0) is 67.6 Å². The summed E-state index contributed by atoms with van der Waals surface area (Å²) in [5.41, 5.74) is 2.41. The number of Topliss-reactive ketones (excluding diaryl/α,β-unsaturated/α-hetero) is 1. The molecule has 3 amide bonds. The van der Waals surface area contributed by atoms with Crippen molar-refractivity contribution in [3.8, 4) is 0 Å². The average molecular weight is 575 g/mol. The zero-order chi connectivity index (χ0) is 28.8. The lowest BCUT2D eigenvalue weighted by molar-refractivity contribution is -0.120. The van der Waals surface area contributed by atoms with Crippen LogP contribution in [0.15, 0.2) is 66.0 Å². The van der Waals surface area contributed by atoms with E-state index in [1.54, 1.807) is 37.3 Å². The maximum absolute atomic E-state index is 14.1. The van der Waals surface area contributed by atoms with Gasteiger partial charge in [-0.25, -0.2) is 9.59 Å². The highest BCUT2D eigenvalue weighted by atomic mass is 32.1. The van der Waals surface area contributed by atoms with Crippen molar-refractivity contribution in [1.82, 2.24) is 5.32 Å². The average Bonchev–Trinajstić information content (AvgIpc) is 3.51. The molecule has 2 aromatic carbocycles. The van der Waals surface area contributed by atoms with Crippen LogP contribution in [0, 0.1) is 0 Å². The van der Waals surface area contributed by atoms with Gasteiger partial charge < -0.3 is 25.2 Å². The highest BCUT2D eigenvalue weighted by Gasteiger charge is 2.38. The molecule has 3 aromatic rings. The molecule has 2 aliphatic rings. The van der Waals surface area contributed by atoms with E-state index in [9.17, 15) is 19.2 Å². The lowest BCUT2D eigenvalue weighted by Gasteiger charge is -2.37. The number of benzene rings is 2. The number of esters is 1. The fourth-order valence-electron chi connectivity index (χ4n) is 5.51. The van der Waals surface area contributed by atoms with E-state index in [0.717, 1.165) is 31.4 Å². The molecule has 1 unspecified atom stereocenters. The van der Waals surface area contributed by atoms with Gasteiger partial charge in [0.25, 0.3) is 5.91 Å². The number of anilines is 3. The van der Waals surface area contributed by atoms with E-state index in [1.165, 1.54) is 22.7 Å². The number of carbonyl (C=O) groups excluding carboxylic acids is 4. The number of rotatable bonds is 8. The topological polar surface area (TPSA) is 108 Å². The molecule has 5 rings (SSSR count). The standard InChI is InChI=1S/C31H34N4O5S/c1-2-40-30(38)21-14-16-22(17-15-21)32-31(39)33-24-19-34(23-9-4-3-5-10-23)25-11-6-7-12-26(25)35(29(24)37)20-27(36)28-13-8-18-41-28/h6-8,11-18,23-24H,2-5,9-10,19-20H2,1H3,(H2,32,33,39). The highest BCUT2D eigenvalue weighted by molar-refractivity contribution is 7.12. The Morgan fingerprint density at radius 1 is 0.951 bits per heavy atom. The summed E-state index contributed by atoms with van der Waals surface area (Å²) in [6.45, 7) is 2.18. The molecule has 0 spiro atoms. The van der Waals surface area contributed by atoms with E-state index in [1.807, 2.05) is 35.7 Å². The molecule has 1 aromatic heterocycles. The summed E-state index contributed by atoms with van der Waals surface area (Å²) in [6.07, 6.45) is 5.41. The van der Waals surface area contributed by atoms with Gasteiger partial charge >= 0.3 is 12.0 Å². The second-order valence-electron chi connectivity index (χ2n) is 10.2. The number of fused-ring (bicyclic) bond motifs is 1. The minimum Gasteiger partial charge on any atom is -0.462 e. The summed E-state index contributed by atoms with van der Waals surface area (Å²) in [4.78, 5) is 56.7. The Morgan fingerprint density at radius 3 is 2.37 bits per heavy atom. The summed E-state index contributed by atoms with van der Waals surface area (Å²) in [6, 6.07) is 16.4. The van der Waals surface area contributed by atoms with Gasteiger partial charge in [0.05, 0.1) is 35.0 Å². The summed E-state index contributed by atoms with van der Waals surface area (Å²) in [5, 5.41) is 7.48. The van der Waals surface area contributed by atoms with Crippen LogP contribution in [0.2, 0.25) is 0 Å². The lowest BCUT2D eigenvalue weighted by atomic mass is 9.93. The molecule has 10 heteroatoms. The first kappa shape index (κ1) is 28.4. The number of para-hydroxylation sites is 2. The zero-order valence-corrected chi connectivity index (χ0v) is 23.8. The molecule has 1 aliphatic carbocycles. The van der Waals surface area contributed by atoms with Crippen LogP contribution in [0.1, 0.15) is 59.1 Å². The minimum atomic E-state index is -0.890. The Hall–Kier alpha value is -4.18. The van der Waals surface area contributed by atoms with Gasteiger partial charge in [-0.1, -0.05) is 37.5 Å². The van der Waals surface area contributed by atoms with Crippen LogP contribution >= 0.6 is 11.3 Å². The highest BCUT2D eigenvalue weighted by Crippen LogP contribution is 2.37. The molecule has 0 bridgehead atoms. The first-order valence-corrected chi connectivity index (χ1v) is 14.9. The van der Waals surface area contributed by atoms with E-state index < -0.39 is 18.0 Å². The van der Waals surface area contributed by atoms with E-state index >= 15 is 0 Å². The third-order valence-electron chi connectivity index (χ3n) is 7.50. The van der Waals surface area contributed by atoms with E-state index in [0.29, 0.717) is 28.4 Å². The molecule has 1 saturated carbocycles. The minimum absolute atomic E-state index is 0.121. The summed E-state index contributed by atoms with van der Waals surface area (Å²) < 4.78 is 5.01. The third-order valence-corrected chi connectivity index (χ3v) is 8.41. The number of urea groups is 1. The zero-order valence-electron chi connectivity index (χ0n) is 23.0. The van der Waals surface area contributed by atoms with Gasteiger partial charge in [0.1, 0.15) is 6.04 Å². The Bertz CT molecular complexity index is 1390. The van der Waals surface area contributed by atoms with Crippen molar-refractivity contribution in [2.45, 2.75) is 51.1 Å². The quantitative estimate of drug-likeness (QED) is 0.272. The molecule has 2 N–H and O–H groups in total. The molecule has 41 heavy (non-hydrogen) atoms. The second kappa shape index (κ2) is 13.0. The van der Waals surface area contributed by atoms with Gasteiger partial charge in [-0.2, -0.15) is 0 Å². The maximum Gasteiger partial charge on any atom is 0.338 e. The second-order valence-corrected chi connectivity index (χ2v) is 11.2. The van der Waals surface area contributed by atoms with Crippen LogP contribution in [0.25, 0.3) is 0 Å². The van der Waals surface area contributed by atoms with Crippen LogP contribution in [-0.4, -0.2) is 55.5 Å². The van der Waals surface area contributed by atoms with Crippen LogP contribution in [0.4, 0.5) is 21.9 Å². The molecule has 1 fully saturated rings. The number of ketones is 1. The Kier molecular flexibility index (Phi) is 8.98. The van der Waals surface area contributed by atoms with E-state index in [4.69, 9.17) is 4.74 Å². The summed E-state index contributed by atoms with van der Waals surface area (Å²) in [5.74, 6) is -0.931. The van der Waals surface area contributed by atoms with Crippen molar-refractivity contribution in [3.63, 3.8) is 0 Å². The van der Waals surface area contributed by atoms with Gasteiger partial charge in [0.15, 0.2) is 5.78 Å². The largest absolute Gasteiger partial charge is 0.462 e. The molecule has 1 aliphatic heterocycles. The third kappa shape index (κ3) is 6.59. The summed E-state index contributed by atoms with van der Waals surface area (Å²) in [7, 11) is 0. The SMILES string of the molecule is CCOC(=O)c1ccc(NC(=O)NC2CN(C3CCCCC3)c3ccccc3N(CC(=O)c3cccs3)C2=O)cc1. The fraction of sp³-hybridized carbons (Fsp3) is 0.355. The molecule has 0 saturated heterocycles. The van der Waals surface area contributed by atoms with Crippen LogP contribution in [-0.2, 0) is 9.53 Å². The number of hydrogen-bond donors (Lipinski definition) is 2. The van der Waals surface area contributed by atoms with Crippen LogP contribution in [0.3, 0.4) is 0 Å². The van der Waals surface area contributed by atoms with Gasteiger partial charge in [0, 0.05) is 18.3 Å². The number of ether oxygens (including phenoxy) is 1. The predicted molar refractivity (Wildman–Crippen MR) is 160 cm³/mol. The number of nitrogens with one attached hydrogen (secondary N) is 2. The number of amides is 3. The fourth-order valence-corrected chi connectivity index (χ4v) is 6.17. The van der Waals surface area contributed by atoms with Crippen molar-refractivity contribution in [2.75, 3.05) is 34.8 Å². The van der Waals surface area contributed by atoms with Crippen molar-refractivity contribution in [2.24, 2.45) is 0 Å². The number of thiophene rings is 1. The van der Waals surface area contributed by atoms with Crippen molar-refractivity contribution >= 4 is 52.1 Å². The van der Waals surface area contributed by atoms with Gasteiger partial charge in [0.2, 0.25) is 0 Å². The molecule has 2 heterocycles. The monoisotopic (exact) mass is 574 g/mol. The predicted octanol–water partition coefficient (Wildman–Crippen LogP) is 5.48. The first-order chi connectivity index (χ1) is 19.9. The van der Waals surface area contributed by atoms with Crippen molar-refractivity contribution in [1.29, 1.82) is 0 Å². The molecule has 214 valence electrons. The normalized spacial score (nSPS) is 17.4. The molecule has 1 atom stereocenters. The lowest BCUT2D eigenvalue weighted by Crippen LogP contribution is -2.55. The molecule has 0 radical (unpaired) electrons. The number of hydrogen-bond acceptors (Lipinski definition) is 7. The maximum atomic E-state index is 14.1. The Balaban J connectivity index is 1.40. The van der Waals surface area contributed by atoms with Crippen molar-refractivity contribution in [3.05, 3.63) is 76.5 Å². The Labute approximate surface area is 243 Å². The molecular weight excluding hydrogens is 540 g/mol. The van der Waals surface area contributed by atoms with E-state index in [2.05, 4.69) is 15.5 Å². The van der Waals surface area contributed by atoms with Crippen LogP contribution < -0.4 is 20.4 Å². The van der Waals surface area contributed by atoms with Gasteiger partial charge in [-0.3, -0.25) is 9.59 Å². The van der Waals surface area contributed by atoms with E-state index in [-0.39, 0.29) is 30.9 Å². The number of carbonyl (C=O) groups is 4. The summed E-state index contributed by atoms with van der Waals surface area (Å²) >= 11 is 1.34.